The van der Waals surface area contributed by atoms with Crippen LogP contribution in [0.25, 0.3) is 0 Å². The van der Waals surface area contributed by atoms with Crippen LogP contribution in [0.2, 0.25) is 0 Å². The average molecular weight is 128 g/mol. The number of amides is 1. The number of carbonyl (C=O) groups is 1. The lowest BCUT2D eigenvalue weighted by Gasteiger charge is -2.11. The number of nitrogens with zero attached hydrogens (tertiary/aromatic N) is 1. The first-order valence-corrected chi connectivity index (χ1v) is 3.27. The summed E-state index contributed by atoms with van der Waals surface area (Å²) < 4.78 is 0. The Kier molecular flexibility index (Phi) is 1.71. The lowest BCUT2D eigenvalue weighted by molar-refractivity contribution is -0.127. The van der Waals surface area contributed by atoms with Gasteiger partial charge < -0.3 is 10.6 Å². The molecule has 1 heterocycles. The van der Waals surface area contributed by atoms with Gasteiger partial charge in [0, 0.05) is 25.6 Å². The molecule has 0 aromatic rings. The Morgan fingerprint density at radius 3 is 2.78 bits per heavy atom. The molecule has 52 valence electrons. The second-order valence-electron chi connectivity index (χ2n) is 2.40. The summed E-state index contributed by atoms with van der Waals surface area (Å²) in [5.74, 6) is 0.199. The summed E-state index contributed by atoms with van der Waals surface area (Å²) in [5.41, 5.74) is 5.53. The molecule has 9 heavy (non-hydrogen) atoms. The fraction of sp³-hybridized carbons (Fsp3) is 0.833. The minimum absolute atomic E-state index is 0.0810. The van der Waals surface area contributed by atoms with Crippen LogP contribution in [0.5, 0.6) is 0 Å². The van der Waals surface area contributed by atoms with Crippen LogP contribution in [0.1, 0.15) is 13.3 Å². The van der Waals surface area contributed by atoms with Gasteiger partial charge in [0.25, 0.3) is 0 Å². The topological polar surface area (TPSA) is 46.3 Å². The largest absolute Gasteiger partial charge is 0.341 e. The normalized spacial score (nSPS) is 27.6. The molecule has 1 saturated heterocycles. The minimum Gasteiger partial charge on any atom is -0.341 e. The SMILES string of the molecule is CCN1CC(N)CC1=O. The van der Waals surface area contributed by atoms with E-state index < -0.39 is 0 Å². The molecule has 1 aliphatic heterocycles. The van der Waals surface area contributed by atoms with Gasteiger partial charge in [0.15, 0.2) is 0 Å². The van der Waals surface area contributed by atoms with Crippen LogP contribution < -0.4 is 5.73 Å². The fourth-order valence-electron chi connectivity index (χ4n) is 1.11. The highest BCUT2D eigenvalue weighted by atomic mass is 16.2. The molecular formula is C6H12N2O. The molecule has 1 aliphatic rings. The molecular weight excluding hydrogens is 116 g/mol. The summed E-state index contributed by atoms with van der Waals surface area (Å²) in [6.07, 6.45) is 0.536. The van der Waals surface area contributed by atoms with Crippen molar-refractivity contribution < 1.29 is 4.79 Å². The Morgan fingerprint density at radius 2 is 2.56 bits per heavy atom. The fourth-order valence-corrected chi connectivity index (χ4v) is 1.11. The third-order valence-electron chi connectivity index (χ3n) is 1.63. The third-order valence-corrected chi connectivity index (χ3v) is 1.63. The zero-order chi connectivity index (χ0) is 6.85. The molecule has 0 saturated carbocycles. The van der Waals surface area contributed by atoms with Gasteiger partial charge in [0.2, 0.25) is 5.91 Å². The van der Waals surface area contributed by atoms with Gasteiger partial charge in [0.1, 0.15) is 0 Å². The summed E-state index contributed by atoms with van der Waals surface area (Å²) in [4.78, 5) is 12.6. The van der Waals surface area contributed by atoms with Crippen LogP contribution in [0, 0.1) is 0 Å². The third kappa shape index (κ3) is 1.21. The number of hydrogen-bond acceptors (Lipinski definition) is 2. The molecule has 2 N–H and O–H groups in total. The molecule has 1 amide bonds. The predicted molar refractivity (Wildman–Crippen MR) is 34.8 cm³/mol. The first-order chi connectivity index (χ1) is 4.24. The number of likely N-dealkylation sites (N-methyl/N-ethyl adjacent to an activating group) is 1. The molecule has 1 atom stereocenters. The molecule has 3 nitrogen and oxygen atoms in total. The van der Waals surface area contributed by atoms with Gasteiger partial charge in [-0.25, -0.2) is 0 Å². The zero-order valence-electron chi connectivity index (χ0n) is 5.63. The van der Waals surface area contributed by atoms with Gasteiger partial charge in [-0.2, -0.15) is 0 Å². The Bertz CT molecular complexity index is 124. The van der Waals surface area contributed by atoms with Crippen molar-refractivity contribution in [2.45, 2.75) is 19.4 Å². The smallest absolute Gasteiger partial charge is 0.224 e. The Labute approximate surface area is 54.8 Å². The van der Waals surface area contributed by atoms with Crippen LogP contribution in [-0.2, 0) is 4.79 Å². The van der Waals surface area contributed by atoms with E-state index in [0.717, 1.165) is 13.1 Å². The summed E-state index contributed by atoms with van der Waals surface area (Å²) in [5, 5.41) is 0. The Morgan fingerprint density at radius 1 is 1.89 bits per heavy atom. The number of carbonyl (C=O) groups excluding carboxylic acids is 1. The van der Waals surface area contributed by atoms with Crippen LogP contribution in [0.15, 0.2) is 0 Å². The van der Waals surface area contributed by atoms with Crippen LogP contribution in [0.3, 0.4) is 0 Å². The Balaban J connectivity index is 2.48. The van der Waals surface area contributed by atoms with E-state index in [1.54, 1.807) is 4.90 Å². The second kappa shape index (κ2) is 2.35. The van der Waals surface area contributed by atoms with Crippen molar-refractivity contribution in [3.63, 3.8) is 0 Å². The van der Waals surface area contributed by atoms with Gasteiger partial charge in [0.05, 0.1) is 0 Å². The van der Waals surface area contributed by atoms with E-state index in [0.29, 0.717) is 6.42 Å². The summed E-state index contributed by atoms with van der Waals surface area (Å²) in [6.45, 7) is 3.51. The number of nitrogens with two attached hydrogens (primary N) is 1. The van der Waals surface area contributed by atoms with Gasteiger partial charge >= 0.3 is 0 Å². The molecule has 0 aliphatic carbocycles. The highest BCUT2D eigenvalue weighted by molar-refractivity contribution is 5.79. The Hall–Kier alpha value is -0.570. The van der Waals surface area contributed by atoms with E-state index in [9.17, 15) is 4.79 Å². The number of rotatable bonds is 1. The number of hydrogen-bond donors (Lipinski definition) is 1. The van der Waals surface area contributed by atoms with Crippen LogP contribution in [0.4, 0.5) is 0 Å². The molecule has 0 bridgehead atoms. The second-order valence-corrected chi connectivity index (χ2v) is 2.40. The molecule has 0 aromatic heterocycles. The van der Waals surface area contributed by atoms with E-state index in [1.807, 2.05) is 6.92 Å². The first-order valence-electron chi connectivity index (χ1n) is 3.27. The van der Waals surface area contributed by atoms with Crippen molar-refractivity contribution in [1.82, 2.24) is 4.90 Å². The highest BCUT2D eigenvalue weighted by Crippen LogP contribution is 2.06. The van der Waals surface area contributed by atoms with Gasteiger partial charge in [-0.15, -0.1) is 0 Å². The quantitative estimate of drug-likeness (QED) is 0.520. The standard InChI is InChI=1S/C6H12N2O/c1-2-8-4-5(7)3-6(8)9/h5H,2-4,7H2,1H3. The predicted octanol–water partition coefficient (Wildman–Crippen LogP) is -0.434. The molecule has 1 unspecified atom stereocenters. The van der Waals surface area contributed by atoms with Crippen LogP contribution in [-0.4, -0.2) is 29.9 Å². The van der Waals surface area contributed by atoms with Crippen molar-refractivity contribution in [3.05, 3.63) is 0 Å². The van der Waals surface area contributed by atoms with E-state index in [1.165, 1.54) is 0 Å². The lowest BCUT2D eigenvalue weighted by Crippen LogP contribution is -2.27. The summed E-state index contributed by atoms with van der Waals surface area (Å²) >= 11 is 0. The highest BCUT2D eigenvalue weighted by Gasteiger charge is 2.24. The molecule has 1 fully saturated rings. The maximum Gasteiger partial charge on any atom is 0.224 e. The van der Waals surface area contributed by atoms with Crippen molar-refractivity contribution in [2.24, 2.45) is 5.73 Å². The first kappa shape index (κ1) is 6.55. The van der Waals surface area contributed by atoms with E-state index in [4.69, 9.17) is 5.73 Å². The monoisotopic (exact) mass is 128 g/mol. The van der Waals surface area contributed by atoms with Gasteiger partial charge in [-0.3, -0.25) is 4.79 Å². The van der Waals surface area contributed by atoms with Crippen molar-refractivity contribution >= 4 is 5.91 Å². The summed E-state index contributed by atoms with van der Waals surface area (Å²) in [6, 6.07) is 0.0810. The molecule has 3 heteroatoms. The van der Waals surface area contributed by atoms with E-state index in [-0.39, 0.29) is 11.9 Å². The van der Waals surface area contributed by atoms with Crippen LogP contribution >= 0.6 is 0 Å². The van der Waals surface area contributed by atoms with E-state index >= 15 is 0 Å². The zero-order valence-corrected chi connectivity index (χ0v) is 5.63. The van der Waals surface area contributed by atoms with Gasteiger partial charge in [-0.05, 0) is 6.92 Å². The molecule has 0 radical (unpaired) electrons. The van der Waals surface area contributed by atoms with Crippen molar-refractivity contribution in [3.8, 4) is 0 Å². The maximum atomic E-state index is 10.9. The maximum absolute atomic E-state index is 10.9. The van der Waals surface area contributed by atoms with E-state index in [2.05, 4.69) is 0 Å². The minimum atomic E-state index is 0.0810. The lowest BCUT2D eigenvalue weighted by atomic mass is 10.3. The van der Waals surface area contributed by atoms with Crippen molar-refractivity contribution in [1.29, 1.82) is 0 Å². The van der Waals surface area contributed by atoms with Gasteiger partial charge in [-0.1, -0.05) is 0 Å². The number of likely N-dealkylation sites (tertiary alicyclic amines) is 1. The van der Waals surface area contributed by atoms with Crippen molar-refractivity contribution in [2.75, 3.05) is 13.1 Å². The molecule has 0 spiro atoms. The molecule has 1 rings (SSSR count). The summed E-state index contributed by atoms with van der Waals surface area (Å²) in [7, 11) is 0. The molecule has 0 aromatic carbocycles. The average Bonchev–Trinajstić information content (AvgIpc) is 2.10.